The van der Waals surface area contributed by atoms with Crippen molar-refractivity contribution in [1.29, 1.82) is 0 Å². The molecular weight excluding hydrogens is 288 g/mol. The monoisotopic (exact) mass is 309 g/mol. The third-order valence-corrected chi connectivity index (χ3v) is 4.90. The fraction of sp³-hybridized carbons (Fsp3) is 0.667. The van der Waals surface area contributed by atoms with E-state index in [9.17, 15) is 0 Å². The largest absolute Gasteiger partial charge is 0.495 e. The van der Waals surface area contributed by atoms with Crippen LogP contribution < -0.4 is 5.46 Å². The summed E-state index contributed by atoms with van der Waals surface area (Å²) in [7, 11) is -0.406. The Kier molecular flexibility index (Phi) is 3.81. The van der Waals surface area contributed by atoms with Crippen molar-refractivity contribution < 1.29 is 14.0 Å². The van der Waals surface area contributed by atoms with E-state index in [0.29, 0.717) is 17.7 Å². The molecule has 1 aromatic rings. The van der Waals surface area contributed by atoms with Gasteiger partial charge in [0.15, 0.2) is 0 Å². The van der Waals surface area contributed by atoms with E-state index in [0.717, 1.165) is 24.2 Å². The van der Waals surface area contributed by atoms with Crippen LogP contribution in [0.15, 0.2) is 12.1 Å². The molecule has 2 aliphatic heterocycles. The summed E-state index contributed by atoms with van der Waals surface area (Å²) < 4.78 is 17.6. The fourth-order valence-corrected chi connectivity index (χ4v) is 2.85. The Labute approximate surface area is 131 Å². The van der Waals surface area contributed by atoms with Crippen molar-refractivity contribution in [3.05, 3.63) is 23.0 Å². The van der Waals surface area contributed by atoms with E-state index in [1.807, 2.05) is 39.8 Å². The molecule has 3 heterocycles. The number of pyridine rings is 1. The van der Waals surface area contributed by atoms with Crippen LogP contribution in [0.4, 0.5) is 0 Å². The molecule has 0 saturated carbocycles. The number of halogens is 1. The van der Waals surface area contributed by atoms with Gasteiger partial charge in [0.25, 0.3) is 0 Å². The Balaban J connectivity index is 1.89. The van der Waals surface area contributed by atoms with E-state index in [1.165, 1.54) is 0 Å². The zero-order chi connectivity index (χ0) is 15.3. The lowest BCUT2D eigenvalue weighted by Crippen LogP contribution is -2.41. The highest BCUT2D eigenvalue weighted by atomic mass is 35.5. The molecule has 4 nitrogen and oxygen atoms in total. The highest BCUT2D eigenvalue weighted by Crippen LogP contribution is 2.36. The molecule has 1 atom stereocenters. The van der Waals surface area contributed by atoms with Gasteiger partial charge in [-0.3, -0.25) is 0 Å². The maximum Gasteiger partial charge on any atom is 0.495 e. The van der Waals surface area contributed by atoms with E-state index in [2.05, 4.69) is 4.98 Å². The lowest BCUT2D eigenvalue weighted by molar-refractivity contribution is 0.00578. The summed E-state index contributed by atoms with van der Waals surface area (Å²) in [6, 6.07) is 3.86. The number of aromatic nitrogens is 1. The minimum Gasteiger partial charge on any atom is -0.399 e. The second-order valence-electron chi connectivity index (χ2n) is 6.80. The van der Waals surface area contributed by atoms with Gasteiger partial charge in [0.05, 0.1) is 17.8 Å². The van der Waals surface area contributed by atoms with Crippen LogP contribution in [0.1, 0.15) is 45.7 Å². The summed E-state index contributed by atoms with van der Waals surface area (Å²) in [6.07, 6.45) is 0.982. The van der Waals surface area contributed by atoms with Crippen molar-refractivity contribution in [1.82, 2.24) is 4.98 Å². The first-order valence-electron chi connectivity index (χ1n) is 7.39. The first-order valence-corrected chi connectivity index (χ1v) is 7.77. The summed E-state index contributed by atoms with van der Waals surface area (Å²) in [5.41, 5.74) is 1.17. The van der Waals surface area contributed by atoms with E-state index in [1.54, 1.807) is 0 Å². The first-order chi connectivity index (χ1) is 9.78. The molecule has 3 rings (SSSR count). The lowest BCUT2D eigenvalue weighted by Gasteiger charge is -2.32. The first kappa shape index (κ1) is 15.3. The molecule has 21 heavy (non-hydrogen) atoms. The standard InChI is InChI=1S/C15H21BClNO3/c1-14(2)15(3,4)21-16(20-14)11-7-12(18-13(17)8-11)10-5-6-19-9-10/h7-8,10H,5-6,9H2,1-4H3. The normalized spacial score (nSPS) is 27.3. The van der Waals surface area contributed by atoms with Crippen molar-refractivity contribution in [2.24, 2.45) is 0 Å². The lowest BCUT2D eigenvalue weighted by atomic mass is 9.78. The molecule has 0 bridgehead atoms. The summed E-state index contributed by atoms with van der Waals surface area (Å²) in [6.45, 7) is 9.66. The van der Waals surface area contributed by atoms with E-state index >= 15 is 0 Å². The zero-order valence-corrected chi connectivity index (χ0v) is 13.7. The van der Waals surface area contributed by atoms with Crippen LogP contribution in [0.5, 0.6) is 0 Å². The molecule has 0 spiro atoms. The molecule has 114 valence electrons. The van der Waals surface area contributed by atoms with Crippen LogP contribution in [0, 0.1) is 0 Å². The molecule has 2 saturated heterocycles. The maximum absolute atomic E-state index is 6.19. The van der Waals surface area contributed by atoms with Crippen molar-refractivity contribution >= 4 is 24.2 Å². The van der Waals surface area contributed by atoms with Crippen LogP contribution in [0.25, 0.3) is 0 Å². The second kappa shape index (κ2) is 5.23. The van der Waals surface area contributed by atoms with Gasteiger partial charge in [0.2, 0.25) is 0 Å². The Hall–Kier alpha value is -0.615. The Morgan fingerprint density at radius 3 is 2.43 bits per heavy atom. The molecule has 0 N–H and O–H groups in total. The number of rotatable bonds is 2. The third kappa shape index (κ3) is 2.84. The number of hydrogen-bond acceptors (Lipinski definition) is 4. The summed E-state index contributed by atoms with van der Waals surface area (Å²) >= 11 is 6.19. The van der Waals surface area contributed by atoms with E-state index < -0.39 is 7.12 Å². The predicted octanol–water partition coefficient (Wildman–Crippen LogP) is 2.54. The Morgan fingerprint density at radius 1 is 1.19 bits per heavy atom. The van der Waals surface area contributed by atoms with Crippen LogP contribution in [0.2, 0.25) is 5.15 Å². The van der Waals surface area contributed by atoms with E-state index in [4.69, 9.17) is 25.6 Å². The van der Waals surface area contributed by atoms with Gasteiger partial charge >= 0.3 is 7.12 Å². The molecule has 0 aliphatic carbocycles. The summed E-state index contributed by atoms with van der Waals surface area (Å²) in [4.78, 5) is 4.43. The Bertz CT molecular complexity index is 528. The van der Waals surface area contributed by atoms with Crippen LogP contribution >= 0.6 is 11.6 Å². The SMILES string of the molecule is CC1(C)OB(c2cc(Cl)nc(C3CCOC3)c2)OC1(C)C. The topological polar surface area (TPSA) is 40.6 Å². The smallest absolute Gasteiger partial charge is 0.399 e. The molecule has 1 unspecified atom stereocenters. The third-order valence-electron chi connectivity index (χ3n) is 4.71. The number of nitrogens with zero attached hydrogens (tertiary/aromatic N) is 1. The van der Waals surface area contributed by atoms with Gasteiger partial charge < -0.3 is 14.0 Å². The maximum atomic E-state index is 6.19. The highest BCUT2D eigenvalue weighted by Gasteiger charge is 2.51. The molecular formula is C15H21BClNO3. The van der Waals surface area contributed by atoms with Crippen LogP contribution in [0.3, 0.4) is 0 Å². The summed E-state index contributed by atoms with van der Waals surface area (Å²) in [5.74, 6) is 0.310. The van der Waals surface area contributed by atoms with Crippen molar-refractivity contribution in [3.8, 4) is 0 Å². The second-order valence-corrected chi connectivity index (χ2v) is 7.18. The predicted molar refractivity (Wildman–Crippen MR) is 83.1 cm³/mol. The van der Waals surface area contributed by atoms with Crippen molar-refractivity contribution in [2.75, 3.05) is 13.2 Å². The fourth-order valence-electron chi connectivity index (χ4n) is 2.63. The number of hydrogen-bond donors (Lipinski definition) is 0. The van der Waals surface area contributed by atoms with E-state index in [-0.39, 0.29) is 11.2 Å². The van der Waals surface area contributed by atoms with Gasteiger partial charge in [-0.15, -0.1) is 0 Å². The van der Waals surface area contributed by atoms with Crippen molar-refractivity contribution in [3.63, 3.8) is 0 Å². The average Bonchev–Trinajstić information content (AvgIpc) is 2.96. The van der Waals surface area contributed by atoms with Crippen LogP contribution in [-0.4, -0.2) is 36.5 Å². The summed E-state index contributed by atoms with van der Waals surface area (Å²) in [5, 5.41) is 0.476. The molecule has 0 amide bonds. The molecule has 0 radical (unpaired) electrons. The van der Waals surface area contributed by atoms with Gasteiger partial charge in [0.1, 0.15) is 5.15 Å². The minimum absolute atomic E-state index is 0.310. The molecule has 0 aromatic carbocycles. The quantitative estimate of drug-likeness (QED) is 0.622. The van der Waals surface area contributed by atoms with Gasteiger partial charge in [-0.2, -0.15) is 0 Å². The van der Waals surface area contributed by atoms with Crippen LogP contribution in [-0.2, 0) is 14.0 Å². The van der Waals surface area contributed by atoms with Gasteiger partial charge in [-0.05, 0) is 51.7 Å². The van der Waals surface area contributed by atoms with Gasteiger partial charge in [0, 0.05) is 18.2 Å². The highest BCUT2D eigenvalue weighted by molar-refractivity contribution is 6.62. The molecule has 2 fully saturated rings. The molecule has 1 aromatic heterocycles. The number of ether oxygens (including phenoxy) is 1. The average molecular weight is 310 g/mol. The minimum atomic E-state index is -0.406. The Morgan fingerprint density at radius 2 is 1.86 bits per heavy atom. The molecule has 6 heteroatoms. The van der Waals surface area contributed by atoms with Crippen molar-refractivity contribution in [2.45, 2.75) is 51.2 Å². The van der Waals surface area contributed by atoms with Gasteiger partial charge in [-0.1, -0.05) is 11.6 Å². The van der Waals surface area contributed by atoms with Gasteiger partial charge in [-0.25, -0.2) is 4.98 Å². The molecule has 2 aliphatic rings. The zero-order valence-electron chi connectivity index (χ0n) is 13.0.